The molecule has 0 spiro atoms. The number of halogens is 2. The lowest BCUT2D eigenvalue weighted by atomic mass is 9.75. The van der Waals surface area contributed by atoms with Gasteiger partial charge in [0.15, 0.2) is 0 Å². The van der Waals surface area contributed by atoms with Gasteiger partial charge in [0.2, 0.25) is 0 Å². The Balaban J connectivity index is 1.83. The van der Waals surface area contributed by atoms with Crippen molar-refractivity contribution in [2.45, 2.75) is 25.7 Å². The van der Waals surface area contributed by atoms with Gasteiger partial charge < -0.3 is 0 Å². The second-order valence-electron chi connectivity index (χ2n) is 5.25. The van der Waals surface area contributed by atoms with E-state index in [0.29, 0.717) is 0 Å². The van der Waals surface area contributed by atoms with Crippen molar-refractivity contribution in [3.05, 3.63) is 18.3 Å². The molecule has 0 aromatic rings. The third-order valence-corrected chi connectivity index (χ3v) is 7.54. The first-order valence-electron chi connectivity index (χ1n) is 5.55. The van der Waals surface area contributed by atoms with Crippen molar-refractivity contribution in [3.8, 4) is 0 Å². The minimum absolute atomic E-state index is 0.977. The molecule has 0 amide bonds. The fourth-order valence-electron chi connectivity index (χ4n) is 3.65. The van der Waals surface area contributed by atoms with Crippen molar-refractivity contribution in [3.63, 3.8) is 0 Å². The van der Waals surface area contributed by atoms with Gasteiger partial charge in [-0.25, -0.2) is 0 Å². The molecule has 2 saturated carbocycles. The lowest BCUT2D eigenvalue weighted by Gasteiger charge is -2.28. The summed E-state index contributed by atoms with van der Waals surface area (Å²) in [6.07, 6.45) is 5.94. The molecule has 0 aromatic heterocycles. The van der Waals surface area contributed by atoms with Crippen LogP contribution in [0.5, 0.6) is 0 Å². The van der Waals surface area contributed by atoms with Crippen LogP contribution in [0.3, 0.4) is 0 Å². The van der Waals surface area contributed by atoms with Gasteiger partial charge in [0.25, 0.3) is 0 Å². The van der Waals surface area contributed by atoms with E-state index >= 15 is 0 Å². The smallest absolute Gasteiger partial charge is 0.00247 e. The van der Waals surface area contributed by atoms with Crippen molar-refractivity contribution >= 4 is 45.2 Å². The van der Waals surface area contributed by atoms with Crippen LogP contribution in [0.15, 0.2) is 18.3 Å². The lowest BCUT2D eigenvalue weighted by Crippen LogP contribution is -2.18. The van der Waals surface area contributed by atoms with Gasteiger partial charge in [0.05, 0.1) is 0 Å². The van der Waals surface area contributed by atoms with Crippen molar-refractivity contribution in [2.75, 3.05) is 0 Å². The largest absolute Gasteiger partial charge is 0.0485 e. The van der Waals surface area contributed by atoms with Crippen LogP contribution in [0, 0.1) is 23.7 Å². The maximum absolute atomic E-state index is 2.63. The molecule has 0 aliphatic heterocycles. The highest BCUT2D eigenvalue weighted by molar-refractivity contribution is 14.1. The average molecular weight is 410 g/mol. The van der Waals surface area contributed by atoms with E-state index in [4.69, 9.17) is 0 Å². The SMILES string of the molecule is IC1=C(C2=C(I)C3CC2C3)C2CC1C2. The van der Waals surface area contributed by atoms with Crippen molar-refractivity contribution in [2.24, 2.45) is 23.7 Å². The molecule has 0 unspecified atom stereocenters. The summed E-state index contributed by atoms with van der Waals surface area (Å²) in [5.74, 6) is 3.91. The summed E-state index contributed by atoms with van der Waals surface area (Å²) in [4.78, 5) is 0. The summed E-state index contributed by atoms with van der Waals surface area (Å²) in [7, 11) is 0. The van der Waals surface area contributed by atoms with Gasteiger partial charge in [-0.2, -0.15) is 0 Å². The lowest BCUT2D eigenvalue weighted by molar-refractivity contribution is 0.306. The quantitative estimate of drug-likeness (QED) is 0.561. The summed E-state index contributed by atoms with van der Waals surface area (Å²) in [6.45, 7) is 0. The number of rotatable bonds is 1. The maximum Gasteiger partial charge on any atom is -0.00247 e. The Bertz CT molecular complexity index is 341. The summed E-state index contributed by atoms with van der Waals surface area (Å²) in [6, 6.07) is 0. The average Bonchev–Trinajstić information content (AvgIpc) is 2.58. The minimum atomic E-state index is 0.977. The Labute approximate surface area is 112 Å². The van der Waals surface area contributed by atoms with E-state index in [1.54, 1.807) is 7.16 Å². The molecule has 0 aromatic carbocycles. The second kappa shape index (κ2) is 2.79. The zero-order valence-corrected chi connectivity index (χ0v) is 12.2. The van der Waals surface area contributed by atoms with Gasteiger partial charge in [-0.15, -0.1) is 0 Å². The predicted octanol–water partition coefficient (Wildman–Crippen LogP) is 4.44. The molecular formula is C12H12I2. The number of hydrogen-bond donors (Lipinski definition) is 0. The van der Waals surface area contributed by atoms with E-state index in [1.807, 2.05) is 11.1 Å². The second-order valence-corrected chi connectivity index (χ2v) is 7.58. The Morgan fingerprint density at radius 1 is 0.643 bits per heavy atom. The molecular weight excluding hydrogens is 398 g/mol. The van der Waals surface area contributed by atoms with Gasteiger partial charge in [0, 0.05) is 0 Å². The highest BCUT2D eigenvalue weighted by Crippen LogP contribution is 2.65. The van der Waals surface area contributed by atoms with E-state index in [9.17, 15) is 0 Å². The Hall–Kier alpha value is 0.940. The van der Waals surface area contributed by atoms with Crippen LogP contribution in [0.2, 0.25) is 0 Å². The fraction of sp³-hybridized carbons (Fsp3) is 0.667. The third kappa shape index (κ3) is 0.913. The predicted molar refractivity (Wildman–Crippen MR) is 74.5 cm³/mol. The topological polar surface area (TPSA) is 0 Å². The normalized spacial score (nSPS) is 48.4. The number of fused-ring (bicyclic) bond motifs is 1. The molecule has 0 radical (unpaired) electrons. The van der Waals surface area contributed by atoms with Crippen molar-refractivity contribution < 1.29 is 0 Å². The Morgan fingerprint density at radius 3 is 1.21 bits per heavy atom. The monoisotopic (exact) mass is 410 g/mol. The van der Waals surface area contributed by atoms with Gasteiger partial charge in [-0.3, -0.25) is 0 Å². The van der Waals surface area contributed by atoms with E-state index in [-0.39, 0.29) is 0 Å². The van der Waals surface area contributed by atoms with Gasteiger partial charge in [-0.1, -0.05) is 0 Å². The van der Waals surface area contributed by atoms with Crippen LogP contribution in [0.4, 0.5) is 0 Å². The summed E-state index contributed by atoms with van der Waals surface area (Å²) >= 11 is 5.26. The molecule has 0 atom stereocenters. The van der Waals surface area contributed by atoms with Gasteiger partial charge in [0.1, 0.15) is 0 Å². The van der Waals surface area contributed by atoms with Crippen molar-refractivity contribution in [1.82, 2.24) is 0 Å². The van der Waals surface area contributed by atoms with Crippen LogP contribution in [-0.4, -0.2) is 0 Å². The van der Waals surface area contributed by atoms with Gasteiger partial charge >= 0.3 is 0 Å². The van der Waals surface area contributed by atoms with Gasteiger partial charge in [-0.05, 0) is 113 Å². The van der Waals surface area contributed by atoms with Crippen LogP contribution < -0.4 is 0 Å². The standard InChI is InChI=1S/C12H12I2/c13-11-7-1-5(2-7)9(11)10-6-3-8(4-6)12(10)14/h5-8H,1-4H2. The summed E-state index contributed by atoms with van der Waals surface area (Å²) in [5, 5.41) is 0. The maximum atomic E-state index is 2.63. The minimum Gasteiger partial charge on any atom is -0.0485 e. The third-order valence-electron chi connectivity index (χ3n) is 4.61. The molecule has 4 bridgehead atoms. The van der Waals surface area contributed by atoms with Crippen LogP contribution in [0.25, 0.3) is 0 Å². The van der Waals surface area contributed by atoms with E-state index in [1.165, 1.54) is 25.7 Å². The van der Waals surface area contributed by atoms with Crippen LogP contribution in [0.1, 0.15) is 25.7 Å². The molecule has 6 rings (SSSR count). The first kappa shape index (κ1) is 9.02. The molecule has 6 aliphatic carbocycles. The molecule has 0 nitrogen and oxygen atoms in total. The summed E-state index contributed by atoms with van der Waals surface area (Å²) in [5.41, 5.74) is 3.65. The first-order chi connectivity index (χ1) is 6.75. The Kier molecular flexibility index (Phi) is 1.80. The van der Waals surface area contributed by atoms with Crippen molar-refractivity contribution in [1.29, 1.82) is 0 Å². The van der Waals surface area contributed by atoms with Crippen LogP contribution >= 0.6 is 45.2 Å². The number of hydrogen-bond acceptors (Lipinski definition) is 0. The van der Waals surface area contributed by atoms with Crippen LogP contribution in [-0.2, 0) is 0 Å². The van der Waals surface area contributed by atoms with E-state index in [0.717, 1.165) is 23.7 Å². The van der Waals surface area contributed by atoms with E-state index in [2.05, 4.69) is 45.2 Å². The number of allylic oxidation sites excluding steroid dienone is 4. The molecule has 2 heteroatoms. The summed E-state index contributed by atoms with van der Waals surface area (Å²) < 4.78 is 3.48. The zero-order chi connectivity index (χ0) is 9.45. The Morgan fingerprint density at radius 2 is 1.00 bits per heavy atom. The highest BCUT2D eigenvalue weighted by atomic mass is 127. The molecule has 14 heavy (non-hydrogen) atoms. The molecule has 0 N–H and O–H groups in total. The first-order valence-corrected chi connectivity index (χ1v) is 7.71. The molecule has 0 saturated heterocycles. The highest BCUT2D eigenvalue weighted by Gasteiger charge is 2.51. The fourth-order valence-corrected chi connectivity index (χ4v) is 6.13. The van der Waals surface area contributed by atoms with E-state index < -0.39 is 0 Å². The molecule has 0 heterocycles. The zero-order valence-electron chi connectivity index (χ0n) is 7.89. The molecule has 2 fully saturated rings. The molecule has 74 valence electrons. The molecule has 6 aliphatic rings.